The van der Waals surface area contributed by atoms with E-state index in [1.54, 1.807) is 12.1 Å². The van der Waals surface area contributed by atoms with Crippen molar-refractivity contribution < 1.29 is 23.9 Å². The maximum atomic E-state index is 12.9. The Hall–Kier alpha value is -2.04. The average molecular weight is 332 g/mol. The number of ketones is 1. The highest BCUT2D eigenvalue weighted by Gasteiger charge is 2.42. The molecule has 120 valence electrons. The lowest BCUT2D eigenvalue weighted by atomic mass is 9.99. The van der Waals surface area contributed by atoms with Gasteiger partial charge in [-0.05, 0) is 11.1 Å². The summed E-state index contributed by atoms with van der Waals surface area (Å²) in [5.74, 6) is -0.304. The second-order valence-electron chi connectivity index (χ2n) is 4.83. The zero-order valence-corrected chi connectivity index (χ0v) is 13.7. The summed E-state index contributed by atoms with van der Waals surface area (Å²) in [6.07, 6.45) is 0. The van der Waals surface area contributed by atoms with Crippen LogP contribution in [0.25, 0.3) is 5.57 Å². The van der Waals surface area contributed by atoms with Crippen LogP contribution in [0.3, 0.4) is 0 Å². The Balaban J connectivity index is 0.00000192. The molecule has 0 atom stereocenters. The number of carbonyl (C=O) groups is 1. The second-order valence-corrected chi connectivity index (χ2v) is 7.00. The molecule has 2 N–H and O–H groups in total. The molecule has 0 fully saturated rings. The SMILES string of the molecule is COP(=O)(OC)C1=C(c2ccccc2)c2ccccc2C1=O.O. The van der Waals surface area contributed by atoms with E-state index >= 15 is 0 Å². The van der Waals surface area contributed by atoms with Crippen LogP contribution in [0.1, 0.15) is 21.5 Å². The molecule has 0 unspecified atom stereocenters. The normalized spacial score (nSPS) is 13.7. The molecule has 1 aliphatic rings. The summed E-state index contributed by atoms with van der Waals surface area (Å²) in [4.78, 5) is 12.8. The number of fused-ring (bicyclic) bond motifs is 1. The second kappa shape index (κ2) is 6.60. The van der Waals surface area contributed by atoms with E-state index in [0.29, 0.717) is 11.1 Å². The van der Waals surface area contributed by atoms with Crippen molar-refractivity contribution >= 4 is 19.0 Å². The van der Waals surface area contributed by atoms with Crippen LogP contribution in [0.2, 0.25) is 0 Å². The highest BCUT2D eigenvalue weighted by Crippen LogP contribution is 2.61. The smallest absolute Gasteiger partial charge is 0.365 e. The standard InChI is InChI=1S/C17H15O4P.H2O/c1-20-22(19,21-2)17-15(12-8-4-3-5-9-12)13-10-6-7-11-14(13)16(17)18;/h3-11H,1-2H3;1H2. The Kier molecular flexibility index (Phi) is 4.97. The van der Waals surface area contributed by atoms with Crippen molar-refractivity contribution in [3.8, 4) is 0 Å². The third-order valence-corrected chi connectivity index (χ3v) is 5.65. The van der Waals surface area contributed by atoms with E-state index in [4.69, 9.17) is 9.05 Å². The quantitative estimate of drug-likeness (QED) is 0.804. The maximum absolute atomic E-state index is 12.9. The monoisotopic (exact) mass is 332 g/mol. The topological polar surface area (TPSA) is 84.1 Å². The number of hydrogen-bond donors (Lipinski definition) is 0. The predicted octanol–water partition coefficient (Wildman–Crippen LogP) is 3.30. The Morgan fingerprint density at radius 1 is 0.826 bits per heavy atom. The summed E-state index contributed by atoms with van der Waals surface area (Å²) in [5, 5.41) is 0.102. The number of allylic oxidation sites excluding steroid dienone is 1. The van der Waals surface area contributed by atoms with Gasteiger partial charge in [0.05, 0.1) is 0 Å². The van der Waals surface area contributed by atoms with Crippen LogP contribution in [0.5, 0.6) is 0 Å². The fourth-order valence-electron chi connectivity index (χ4n) is 2.68. The highest BCUT2D eigenvalue weighted by molar-refractivity contribution is 7.60. The minimum Gasteiger partial charge on any atom is -0.412 e. The third-order valence-electron chi connectivity index (χ3n) is 3.71. The molecule has 0 aliphatic heterocycles. The largest absolute Gasteiger partial charge is 0.412 e. The molecule has 0 heterocycles. The Bertz CT molecular complexity index is 803. The maximum Gasteiger partial charge on any atom is 0.365 e. The van der Waals surface area contributed by atoms with Gasteiger partial charge in [-0.15, -0.1) is 0 Å². The number of benzene rings is 2. The molecule has 2 aromatic carbocycles. The number of carbonyl (C=O) groups excluding carboxylic acids is 1. The van der Waals surface area contributed by atoms with Crippen molar-refractivity contribution in [2.45, 2.75) is 0 Å². The highest BCUT2D eigenvalue weighted by atomic mass is 31.2. The van der Waals surface area contributed by atoms with Gasteiger partial charge in [0.2, 0.25) is 5.78 Å². The minimum absolute atomic E-state index is 0. The zero-order chi connectivity index (χ0) is 15.7. The van der Waals surface area contributed by atoms with Gasteiger partial charge in [-0.2, -0.15) is 0 Å². The summed E-state index contributed by atoms with van der Waals surface area (Å²) in [6, 6.07) is 16.6. The van der Waals surface area contributed by atoms with Crippen LogP contribution >= 0.6 is 7.60 Å². The van der Waals surface area contributed by atoms with Gasteiger partial charge in [0.1, 0.15) is 5.31 Å². The molecule has 0 saturated carbocycles. The van der Waals surface area contributed by atoms with Crippen LogP contribution < -0.4 is 0 Å². The summed E-state index contributed by atoms with van der Waals surface area (Å²) in [6.45, 7) is 0. The molecule has 3 rings (SSSR count). The lowest BCUT2D eigenvalue weighted by Crippen LogP contribution is -2.03. The molecule has 1 aliphatic carbocycles. The molecular weight excluding hydrogens is 315 g/mol. The minimum atomic E-state index is -3.66. The molecule has 23 heavy (non-hydrogen) atoms. The Labute approximate surface area is 134 Å². The third kappa shape index (κ3) is 2.69. The first kappa shape index (κ1) is 17.3. The van der Waals surface area contributed by atoms with E-state index in [9.17, 15) is 9.36 Å². The van der Waals surface area contributed by atoms with Crippen molar-refractivity contribution in [1.82, 2.24) is 0 Å². The zero-order valence-electron chi connectivity index (χ0n) is 12.8. The first-order valence-electron chi connectivity index (χ1n) is 6.78. The molecule has 5 nitrogen and oxygen atoms in total. The van der Waals surface area contributed by atoms with E-state index < -0.39 is 7.60 Å². The first-order chi connectivity index (χ1) is 10.6. The summed E-state index contributed by atoms with van der Waals surface area (Å²) >= 11 is 0. The molecule has 6 heteroatoms. The van der Waals surface area contributed by atoms with Gasteiger partial charge in [0, 0.05) is 25.4 Å². The van der Waals surface area contributed by atoms with Gasteiger partial charge >= 0.3 is 7.60 Å². The fraction of sp³-hybridized carbons (Fsp3) is 0.118. The molecule has 0 aromatic heterocycles. The van der Waals surface area contributed by atoms with E-state index in [1.807, 2.05) is 42.5 Å². The van der Waals surface area contributed by atoms with E-state index in [0.717, 1.165) is 11.1 Å². The molecule has 0 spiro atoms. The van der Waals surface area contributed by atoms with Gasteiger partial charge in [0.15, 0.2) is 0 Å². The summed E-state index contributed by atoms with van der Waals surface area (Å²) < 4.78 is 23.1. The molecular formula is C17H17O5P. The Morgan fingerprint density at radius 2 is 1.35 bits per heavy atom. The average Bonchev–Trinajstić information content (AvgIpc) is 2.89. The first-order valence-corrected chi connectivity index (χ1v) is 8.32. The van der Waals surface area contributed by atoms with Crippen LogP contribution in [-0.2, 0) is 13.6 Å². The van der Waals surface area contributed by atoms with Gasteiger partial charge in [-0.1, -0.05) is 54.6 Å². The Morgan fingerprint density at radius 3 is 1.91 bits per heavy atom. The number of rotatable bonds is 4. The van der Waals surface area contributed by atoms with Gasteiger partial charge in [-0.25, -0.2) is 0 Å². The van der Waals surface area contributed by atoms with Crippen LogP contribution in [-0.4, -0.2) is 25.5 Å². The lowest BCUT2D eigenvalue weighted by Gasteiger charge is -2.16. The van der Waals surface area contributed by atoms with E-state index in [-0.39, 0.29) is 16.6 Å². The number of Topliss-reactive ketones (excluding diaryl/α,β-unsaturated/α-hetero) is 1. The summed E-state index contributed by atoms with van der Waals surface area (Å²) in [5.41, 5.74) is 2.70. The van der Waals surface area contributed by atoms with Crippen molar-refractivity contribution in [2.24, 2.45) is 0 Å². The van der Waals surface area contributed by atoms with Gasteiger partial charge in [-0.3, -0.25) is 9.36 Å². The van der Waals surface area contributed by atoms with E-state index in [1.165, 1.54) is 14.2 Å². The van der Waals surface area contributed by atoms with Crippen LogP contribution in [0.15, 0.2) is 59.9 Å². The molecule has 0 amide bonds. The number of hydrogen-bond acceptors (Lipinski definition) is 4. The van der Waals surface area contributed by atoms with Crippen molar-refractivity contribution in [2.75, 3.05) is 14.2 Å². The van der Waals surface area contributed by atoms with Gasteiger partial charge in [0.25, 0.3) is 0 Å². The fourth-order valence-corrected chi connectivity index (χ4v) is 4.09. The van der Waals surface area contributed by atoms with Crippen LogP contribution in [0, 0.1) is 0 Å². The molecule has 0 saturated heterocycles. The van der Waals surface area contributed by atoms with Crippen molar-refractivity contribution in [1.29, 1.82) is 0 Å². The molecule has 2 aromatic rings. The summed E-state index contributed by atoms with van der Waals surface area (Å²) in [7, 11) is -1.08. The van der Waals surface area contributed by atoms with E-state index in [2.05, 4.69) is 0 Å². The molecule has 0 bridgehead atoms. The van der Waals surface area contributed by atoms with Crippen molar-refractivity contribution in [3.05, 3.63) is 76.6 Å². The van der Waals surface area contributed by atoms with Crippen molar-refractivity contribution in [3.63, 3.8) is 0 Å². The predicted molar refractivity (Wildman–Crippen MR) is 88.5 cm³/mol. The van der Waals surface area contributed by atoms with Crippen LogP contribution in [0.4, 0.5) is 0 Å². The lowest BCUT2D eigenvalue weighted by molar-refractivity contribution is 0.104. The van der Waals surface area contributed by atoms with Gasteiger partial charge < -0.3 is 14.5 Å². The molecule has 0 radical (unpaired) electrons.